The average Bonchev–Trinajstić information content (AvgIpc) is 2.81. The van der Waals surface area contributed by atoms with Crippen LogP contribution >= 0.6 is 0 Å². The third-order valence-corrected chi connectivity index (χ3v) is 4.74. The first kappa shape index (κ1) is 45.1. The SMILES string of the molecule is CC(C)CC(=O)O.CC(C)CC(=O)O.CC(C)CCC(=O)O.CC(C)Cc1ccccc1.COC(=O)CCC(C)C. The zero-order valence-electron chi connectivity index (χ0n) is 27.6. The van der Waals surface area contributed by atoms with Crippen LogP contribution in [0.2, 0.25) is 0 Å². The van der Waals surface area contributed by atoms with Crippen molar-refractivity contribution in [3.63, 3.8) is 0 Å². The van der Waals surface area contributed by atoms with E-state index in [0.717, 1.165) is 18.8 Å². The first-order chi connectivity index (χ1) is 18.8. The van der Waals surface area contributed by atoms with Crippen LogP contribution in [-0.2, 0) is 30.3 Å². The predicted molar refractivity (Wildman–Crippen MR) is 167 cm³/mol. The maximum Gasteiger partial charge on any atom is 0.305 e. The molecule has 0 unspecified atom stereocenters. The molecule has 41 heavy (non-hydrogen) atoms. The van der Waals surface area contributed by atoms with E-state index in [2.05, 4.69) is 62.8 Å². The lowest BCUT2D eigenvalue weighted by atomic mass is 10.0. The summed E-state index contributed by atoms with van der Waals surface area (Å²) in [4.78, 5) is 40.0. The lowest BCUT2D eigenvalue weighted by Gasteiger charge is -2.02. The van der Waals surface area contributed by atoms with E-state index in [9.17, 15) is 19.2 Å². The highest BCUT2D eigenvalue weighted by Crippen LogP contribution is 2.06. The van der Waals surface area contributed by atoms with Crippen LogP contribution in [0.4, 0.5) is 0 Å². The quantitative estimate of drug-likeness (QED) is 0.209. The van der Waals surface area contributed by atoms with E-state index in [1.54, 1.807) is 0 Å². The zero-order chi connectivity index (χ0) is 33.0. The summed E-state index contributed by atoms with van der Waals surface area (Å²) in [6, 6.07) is 10.6. The summed E-state index contributed by atoms with van der Waals surface area (Å²) in [5.41, 5.74) is 1.44. The maximum atomic E-state index is 10.5. The van der Waals surface area contributed by atoms with Crippen LogP contribution in [0.3, 0.4) is 0 Å². The van der Waals surface area contributed by atoms with Crippen molar-refractivity contribution in [2.75, 3.05) is 7.11 Å². The van der Waals surface area contributed by atoms with Gasteiger partial charge < -0.3 is 20.1 Å². The van der Waals surface area contributed by atoms with Gasteiger partial charge in [-0.25, -0.2) is 0 Å². The monoisotopic (exact) mass is 584 g/mol. The molecule has 0 bridgehead atoms. The molecule has 0 aliphatic heterocycles. The summed E-state index contributed by atoms with van der Waals surface area (Å²) in [6.45, 7) is 20.2. The highest BCUT2D eigenvalue weighted by atomic mass is 16.5. The van der Waals surface area contributed by atoms with Crippen molar-refractivity contribution in [3.05, 3.63) is 35.9 Å². The number of carboxylic acid groups (broad SMARTS) is 3. The fraction of sp³-hybridized carbons (Fsp3) is 0.697. The molecule has 0 fully saturated rings. The van der Waals surface area contributed by atoms with Crippen LogP contribution in [0, 0.1) is 29.6 Å². The van der Waals surface area contributed by atoms with Gasteiger partial charge in [0.1, 0.15) is 0 Å². The molecule has 3 N–H and O–H groups in total. The second-order valence-corrected chi connectivity index (χ2v) is 11.9. The van der Waals surface area contributed by atoms with Gasteiger partial charge in [0.25, 0.3) is 0 Å². The Bertz CT molecular complexity index is 749. The van der Waals surface area contributed by atoms with Gasteiger partial charge in [-0.2, -0.15) is 0 Å². The molecule has 240 valence electrons. The van der Waals surface area contributed by atoms with E-state index in [4.69, 9.17) is 15.3 Å². The van der Waals surface area contributed by atoms with Crippen LogP contribution in [0.1, 0.15) is 113 Å². The molecule has 0 spiro atoms. The van der Waals surface area contributed by atoms with Gasteiger partial charge in [-0.15, -0.1) is 0 Å². The smallest absolute Gasteiger partial charge is 0.305 e. The Hall–Kier alpha value is -2.90. The lowest BCUT2D eigenvalue weighted by molar-refractivity contribution is -0.141. The molecule has 0 aromatic heterocycles. The van der Waals surface area contributed by atoms with Gasteiger partial charge in [0.2, 0.25) is 0 Å². The summed E-state index contributed by atoms with van der Waals surface area (Å²) in [5, 5.41) is 24.3. The van der Waals surface area contributed by atoms with Gasteiger partial charge in [-0.05, 0) is 54.4 Å². The van der Waals surface area contributed by atoms with E-state index < -0.39 is 17.9 Å². The number of carboxylic acids is 3. The van der Waals surface area contributed by atoms with Crippen molar-refractivity contribution < 1.29 is 39.2 Å². The Morgan fingerprint density at radius 1 is 0.585 bits per heavy atom. The molecule has 0 aliphatic rings. The number of hydrogen-bond acceptors (Lipinski definition) is 5. The van der Waals surface area contributed by atoms with Crippen molar-refractivity contribution in [2.45, 2.75) is 114 Å². The van der Waals surface area contributed by atoms with Gasteiger partial charge in [-0.3, -0.25) is 19.2 Å². The number of aliphatic carboxylic acids is 3. The number of rotatable bonds is 12. The largest absolute Gasteiger partial charge is 0.481 e. The van der Waals surface area contributed by atoms with E-state index in [-0.39, 0.29) is 30.6 Å². The first-order valence-electron chi connectivity index (χ1n) is 14.6. The van der Waals surface area contributed by atoms with Gasteiger partial charge in [0.15, 0.2) is 0 Å². The molecule has 1 aromatic carbocycles. The van der Waals surface area contributed by atoms with Crippen LogP contribution < -0.4 is 0 Å². The normalized spacial score (nSPS) is 9.85. The lowest BCUT2D eigenvalue weighted by Crippen LogP contribution is -2.01. The van der Waals surface area contributed by atoms with E-state index in [1.165, 1.54) is 19.1 Å². The Kier molecular flexibility index (Phi) is 33.1. The third-order valence-electron chi connectivity index (χ3n) is 4.74. The summed E-state index contributed by atoms with van der Waals surface area (Å²) in [5.74, 6) is 0.181. The highest BCUT2D eigenvalue weighted by molar-refractivity contribution is 5.69. The molecule has 8 nitrogen and oxygen atoms in total. The minimum Gasteiger partial charge on any atom is -0.481 e. The molecule has 0 saturated heterocycles. The van der Waals surface area contributed by atoms with Gasteiger partial charge in [-0.1, -0.05) is 99.6 Å². The minimum atomic E-state index is -0.713. The molecule has 1 aromatic rings. The van der Waals surface area contributed by atoms with Crippen LogP contribution in [0.15, 0.2) is 30.3 Å². The second-order valence-electron chi connectivity index (χ2n) is 11.9. The summed E-state index contributed by atoms with van der Waals surface area (Å²) < 4.78 is 4.46. The Morgan fingerprint density at radius 2 is 0.976 bits per heavy atom. The zero-order valence-corrected chi connectivity index (χ0v) is 27.6. The molecule has 0 radical (unpaired) electrons. The Labute approximate surface area is 249 Å². The number of esters is 1. The average molecular weight is 585 g/mol. The maximum absolute atomic E-state index is 10.5. The van der Waals surface area contributed by atoms with Crippen molar-refractivity contribution in [1.29, 1.82) is 0 Å². The van der Waals surface area contributed by atoms with Gasteiger partial charge in [0.05, 0.1) is 7.11 Å². The number of carbonyl (C=O) groups excluding carboxylic acids is 1. The fourth-order valence-electron chi connectivity index (χ4n) is 2.70. The summed E-state index contributed by atoms with van der Waals surface area (Å²) >= 11 is 0. The summed E-state index contributed by atoms with van der Waals surface area (Å²) in [6.07, 6.45) is 4.31. The highest BCUT2D eigenvalue weighted by Gasteiger charge is 2.01. The molecular formula is C33H60O8. The molecular weight excluding hydrogens is 524 g/mol. The molecule has 0 heterocycles. The Morgan fingerprint density at radius 3 is 1.20 bits per heavy atom. The second kappa shape index (κ2) is 30.1. The molecule has 8 heteroatoms. The molecule has 0 saturated carbocycles. The van der Waals surface area contributed by atoms with E-state index in [0.29, 0.717) is 24.7 Å². The third kappa shape index (κ3) is 54.0. The molecule has 0 atom stereocenters. The molecule has 0 amide bonds. The molecule has 0 aliphatic carbocycles. The molecule has 1 rings (SSSR count). The van der Waals surface area contributed by atoms with Crippen LogP contribution in [0.5, 0.6) is 0 Å². The topological polar surface area (TPSA) is 138 Å². The fourth-order valence-corrected chi connectivity index (χ4v) is 2.70. The predicted octanol–water partition coefficient (Wildman–Crippen LogP) is 8.22. The standard InChI is InChI=1S/C10H14.C7H14O2.C6H12O2.2C5H10O2/c1-9(2)8-10-6-4-3-5-7-10;1-6(2)4-5-7(8)9-3;1-5(2)3-4-6(7)8;2*1-4(2)3-5(6)7/h3-7,9H,8H2,1-2H3;6H,4-5H2,1-3H3;5H,3-4H2,1-2H3,(H,7,8);2*4H,3H2,1-2H3,(H,6,7). The number of carbonyl (C=O) groups is 4. The van der Waals surface area contributed by atoms with E-state index >= 15 is 0 Å². The van der Waals surface area contributed by atoms with Crippen LogP contribution in [0.25, 0.3) is 0 Å². The number of methoxy groups -OCH3 is 1. The van der Waals surface area contributed by atoms with Gasteiger partial charge >= 0.3 is 23.9 Å². The van der Waals surface area contributed by atoms with E-state index in [1.807, 2.05) is 41.5 Å². The Balaban J connectivity index is -0.000000210. The van der Waals surface area contributed by atoms with Crippen LogP contribution in [-0.4, -0.2) is 46.3 Å². The number of ether oxygens (including phenoxy) is 1. The van der Waals surface area contributed by atoms with Crippen molar-refractivity contribution in [1.82, 2.24) is 0 Å². The van der Waals surface area contributed by atoms with Gasteiger partial charge in [0, 0.05) is 25.7 Å². The first-order valence-corrected chi connectivity index (χ1v) is 14.6. The summed E-state index contributed by atoms with van der Waals surface area (Å²) in [7, 11) is 1.42. The van der Waals surface area contributed by atoms with Crippen molar-refractivity contribution >= 4 is 23.9 Å². The number of benzene rings is 1. The van der Waals surface area contributed by atoms with Crippen molar-refractivity contribution in [2.24, 2.45) is 29.6 Å². The van der Waals surface area contributed by atoms with Crippen molar-refractivity contribution in [3.8, 4) is 0 Å². The number of hydrogen-bond donors (Lipinski definition) is 3. The minimum absolute atomic E-state index is 0.108.